The number of β-lactam (4-membered cyclic amide) rings is 1. The Morgan fingerprint density at radius 3 is 2.56 bits per heavy atom. The van der Waals surface area contributed by atoms with E-state index in [9.17, 15) is 14.4 Å². The van der Waals surface area contributed by atoms with E-state index in [1.165, 1.54) is 33.6 Å². The van der Waals surface area contributed by atoms with Crippen LogP contribution < -0.4 is 0 Å². The normalized spacial score (nSPS) is 24.2. The second kappa shape index (κ2) is 8.04. The van der Waals surface area contributed by atoms with Crippen molar-refractivity contribution in [2.24, 2.45) is 5.92 Å². The molecule has 7 nitrogen and oxygen atoms in total. The van der Waals surface area contributed by atoms with Gasteiger partial charge in [0.05, 0.1) is 7.11 Å². The highest BCUT2D eigenvalue weighted by molar-refractivity contribution is 8.78. The summed E-state index contributed by atoms with van der Waals surface area (Å²) < 4.78 is 12.7. The second-order valence-electron chi connectivity index (χ2n) is 5.18. The standard InChI is InChI=1S/C13H14Cl3NO6S2/c1-5(23-12(20)22-4-13(14,15)16)7-9(18)17-8(11(19)21-3)6(2)24-25-10(7)17/h5,7,10H,4H2,1-3H3/t5-,7+,10-/m1/s1. The SMILES string of the molecule is COC(=O)C1=C(C)SS[C@@H]2[C@@H]([C@@H](C)OC(=O)OCC(Cl)(Cl)Cl)C(=O)N12. The molecule has 1 fully saturated rings. The molecule has 0 aromatic heterocycles. The van der Waals surface area contributed by atoms with Gasteiger partial charge >= 0.3 is 12.1 Å². The van der Waals surface area contributed by atoms with Crippen molar-refractivity contribution < 1.29 is 28.6 Å². The van der Waals surface area contributed by atoms with E-state index in [4.69, 9.17) is 44.3 Å². The lowest BCUT2D eigenvalue weighted by Crippen LogP contribution is -2.64. The van der Waals surface area contributed by atoms with Gasteiger partial charge in [-0.15, -0.1) is 0 Å². The molecule has 2 aliphatic heterocycles. The van der Waals surface area contributed by atoms with E-state index in [-0.39, 0.29) is 17.0 Å². The van der Waals surface area contributed by atoms with Crippen LogP contribution in [0.4, 0.5) is 4.79 Å². The molecule has 0 bridgehead atoms. The fourth-order valence-corrected chi connectivity index (χ4v) is 5.33. The average Bonchev–Trinajstić information content (AvgIpc) is 2.51. The molecular weight excluding hydrogens is 437 g/mol. The minimum atomic E-state index is -1.75. The first-order valence-electron chi connectivity index (χ1n) is 6.92. The van der Waals surface area contributed by atoms with Crippen LogP contribution in [0.15, 0.2) is 10.6 Å². The van der Waals surface area contributed by atoms with E-state index < -0.39 is 34.5 Å². The molecule has 0 aromatic carbocycles. The summed E-state index contributed by atoms with van der Waals surface area (Å²) in [5.41, 5.74) is 0.212. The van der Waals surface area contributed by atoms with Crippen molar-refractivity contribution in [1.82, 2.24) is 4.90 Å². The number of nitrogens with zero attached hydrogens (tertiary/aromatic N) is 1. The monoisotopic (exact) mass is 449 g/mol. The van der Waals surface area contributed by atoms with Gasteiger partial charge in [-0.3, -0.25) is 9.69 Å². The highest BCUT2D eigenvalue weighted by atomic mass is 35.6. The number of carbonyl (C=O) groups excluding carboxylic acids is 3. The molecule has 0 radical (unpaired) electrons. The van der Waals surface area contributed by atoms with E-state index in [1.807, 2.05) is 0 Å². The topological polar surface area (TPSA) is 82.1 Å². The van der Waals surface area contributed by atoms with Crippen LogP contribution in [0.3, 0.4) is 0 Å². The Morgan fingerprint density at radius 2 is 2.00 bits per heavy atom. The molecule has 0 aromatic rings. The van der Waals surface area contributed by atoms with Gasteiger partial charge in [0, 0.05) is 4.91 Å². The average molecular weight is 451 g/mol. The van der Waals surface area contributed by atoms with Crippen LogP contribution >= 0.6 is 56.4 Å². The summed E-state index contributed by atoms with van der Waals surface area (Å²) >= 11 is 16.5. The third-order valence-electron chi connectivity index (χ3n) is 3.45. The highest BCUT2D eigenvalue weighted by Gasteiger charge is 2.56. The number of alkyl halides is 3. The Hall–Kier alpha value is -0.480. The minimum Gasteiger partial charge on any atom is -0.464 e. The Kier molecular flexibility index (Phi) is 6.70. The molecule has 2 rings (SSSR count). The fourth-order valence-electron chi connectivity index (χ4n) is 2.33. The molecular formula is C13H14Cl3NO6S2. The summed E-state index contributed by atoms with van der Waals surface area (Å²) in [5.74, 6) is -1.54. The van der Waals surface area contributed by atoms with Crippen LogP contribution in [0, 0.1) is 5.92 Å². The summed E-state index contributed by atoms with van der Waals surface area (Å²) in [6.07, 6.45) is -1.82. The molecule has 25 heavy (non-hydrogen) atoms. The molecule has 2 heterocycles. The third kappa shape index (κ3) is 4.63. The van der Waals surface area contributed by atoms with Crippen LogP contribution in [0.5, 0.6) is 0 Å². The van der Waals surface area contributed by atoms with Gasteiger partial charge in [0.15, 0.2) is 0 Å². The van der Waals surface area contributed by atoms with Gasteiger partial charge in [0.25, 0.3) is 0 Å². The number of esters is 1. The van der Waals surface area contributed by atoms with Gasteiger partial charge in [-0.1, -0.05) is 56.4 Å². The molecule has 1 amide bonds. The molecule has 3 atom stereocenters. The Balaban J connectivity index is 2.01. The van der Waals surface area contributed by atoms with E-state index in [0.29, 0.717) is 4.91 Å². The summed E-state index contributed by atoms with van der Waals surface area (Å²) in [6.45, 7) is 2.82. The second-order valence-corrected chi connectivity index (χ2v) is 10.2. The maximum Gasteiger partial charge on any atom is 0.508 e. The zero-order valence-corrected chi connectivity index (χ0v) is 17.2. The van der Waals surface area contributed by atoms with Crippen LogP contribution in [0.2, 0.25) is 0 Å². The number of fused-ring (bicyclic) bond motifs is 1. The van der Waals surface area contributed by atoms with E-state index >= 15 is 0 Å². The first-order valence-corrected chi connectivity index (χ1v) is 10.3. The highest BCUT2D eigenvalue weighted by Crippen LogP contribution is 2.53. The minimum absolute atomic E-state index is 0.212. The predicted octanol–water partition coefficient (Wildman–Crippen LogP) is 3.48. The van der Waals surface area contributed by atoms with Crippen LogP contribution in [-0.4, -0.2) is 51.9 Å². The van der Waals surface area contributed by atoms with Gasteiger partial charge in [-0.25, -0.2) is 9.59 Å². The van der Waals surface area contributed by atoms with E-state index in [0.717, 1.165) is 0 Å². The quantitative estimate of drug-likeness (QED) is 0.279. The molecule has 0 N–H and O–H groups in total. The van der Waals surface area contributed by atoms with Crippen molar-refractivity contribution in [3.8, 4) is 0 Å². The number of hydrogen-bond acceptors (Lipinski definition) is 8. The maximum absolute atomic E-state index is 12.5. The molecule has 140 valence electrons. The summed E-state index contributed by atoms with van der Waals surface area (Å²) in [6, 6.07) is 0. The lowest BCUT2D eigenvalue weighted by Gasteiger charge is -2.50. The molecule has 2 aliphatic rings. The Morgan fingerprint density at radius 1 is 1.36 bits per heavy atom. The summed E-state index contributed by atoms with van der Waals surface area (Å²) in [5, 5.41) is -0.355. The predicted molar refractivity (Wildman–Crippen MR) is 96.2 cm³/mol. The lowest BCUT2D eigenvalue weighted by atomic mass is 9.91. The summed E-state index contributed by atoms with van der Waals surface area (Å²) in [7, 11) is 4.01. The van der Waals surface area contributed by atoms with E-state index in [2.05, 4.69) is 4.74 Å². The van der Waals surface area contributed by atoms with Gasteiger partial charge in [0.1, 0.15) is 29.7 Å². The first kappa shape index (κ1) is 20.8. The zero-order chi connectivity index (χ0) is 18.9. The Bertz CT molecular complexity index is 623. The Labute approximate surface area is 167 Å². The van der Waals surface area contributed by atoms with Crippen molar-refractivity contribution in [3.63, 3.8) is 0 Å². The van der Waals surface area contributed by atoms with Gasteiger partial charge in [0.2, 0.25) is 9.70 Å². The van der Waals surface area contributed by atoms with Crippen molar-refractivity contribution >= 4 is 74.4 Å². The largest absolute Gasteiger partial charge is 0.508 e. The first-order chi connectivity index (χ1) is 11.6. The number of hydrogen-bond donors (Lipinski definition) is 0. The van der Waals surface area contributed by atoms with Crippen molar-refractivity contribution in [1.29, 1.82) is 0 Å². The number of carbonyl (C=O) groups is 3. The zero-order valence-electron chi connectivity index (χ0n) is 13.3. The van der Waals surface area contributed by atoms with Crippen molar-refractivity contribution in [2.45, 2.75) is 29.1 Å². The number of halogens is 3. The number of methoxy groups -OCH3 is 1. The maximum atomic E-state index is 12.5. The molecule has 0 aliphatic carbocycles. The van der Waals surface area contributed by atoms with Gasteiger partial charge < -0.3 is 14.2 Å². The van der Waals surface area contributed by atoms with Crippen molar-refractivity contribution in [2.75, 3.05) is 13.7 Å². The number of amides is 1. The smallest absolute Gasteiger partial charge is 0.464 e. The molecule has 1 saturated heterocycles. The van der Waals surface area contributed by atoms with E-state index in [1.54, 1.807) is 13.8 Å². The van der Waals surface area contributed by atoms with Crippen LogP contribution in [0.1, 0.15) is 13.8 Å². The van der Waals surface area contributed by atoms with Crippen LogP contribution in [-0.2, 0) is 23.8 Å². The molecule has 0 unspecified atom stereocenters. The molecule has 0 spiro atoms. The van der Waals surface area contributed by atoms with Gasteiger partial charge in [-0.2, -0.15) is 0 Å². The number of allylic oxidation sites excluding steroid dienone is 1. The third-order valence-corrected chi connectivity index (χ3v) is 6.65. The number of ether oxygens (including phenoxy) is 3. The van der Waals surface area contributed by atoms with Gasteiger partial charge in [-0.05, 0) is 13.8 Å². The van der Waals surface area contributed by atoms with Crippen molar-refractivity contribution in [3.05, 3.63) is 10.6 Å². The molecule has 12 heteroatoms. The lowest BCUT2D eigenvalue weighted by molar-refractivity contribution is -0.158. The molecule has 0 saturated carbocycles. The van der Waals surface area contributed by atoms with Crippen LogP contribution in [0.25, 0.3) is 0 Å². The summed E-state index contributed by atoms with van der Waals surface area (Å²) in [4.78, 5) is 38.1. The number of rotatable bonds is 4. The fraction of sp³-hybridized carbons (Fsp3) is 0.615.